The number of aryl methyl sites for hydroxylation is 2. The molecule has 0 radical (unpaired) electrons. The van der Waals surface area contributed by atoms with Crippen LogP contribution in [0, 0.1) is 13.8 Å². The van der Waals surface area contributed by atoms with Gasteiger partial charge in [0, 0.05) is 5.56 Å². The molecule has 7 heteroatoms. The van der Waals surface area contributed by atoms with Gasteiger partial charge in [-0.1, -0.05) is 36.8 Å². The van der Waals surface area contributed by atoms with Crippen molar-refractivity contribution in [2.45, 2.75) is 40.2 Å². The topological polar surface area (TPSA) is 67.9 Å². The summed E-state index contributed by atoms with van der Waals surface area (Å²) in [5.74, 6) is -0.0231. The average molecular weight is 439 g/mol. The Bertz CT molecular complexity index is 1080. The number of para-hydroxylation sites is 1. The van der Waals surface area contributed by atoms with Crippen molar-refractivity contribution in [1.29, 1.82) is 0 Å². The number of methoxy groups -OCH3 is 1. The first-order valence-corrected chi connectivity index (χ1v) is 10.5. The van der Waals surface area contributed by atoms with E-state index in [2.05, 4.69) is 5.32 Å². The van der Waals surface area contributed by atoms with Gasteiger partial charge in [-0.15, -0.1) is 0 Å². The molecule has 1 atom stereocenters. The molecule has 3 rings (SSSR count). The number of rotatable bonds is 6. The second-order valence-corrected chi connectivity index (χ2v) is 7.85. The lowest BCUT2D eigenvalue weighted by atomic mass is 10.0. The van der Waals surface area contributed by atoms with E-state index in [0.717, 1.165) is 17.5 Å². The summed E-state index contributed by atoms with van der Waals surface area (Å²) < 4.78 is 11.5. The highest BCUT2D eigenvalue weighted by atomic mass is 32.1. The molecule has 1 aliphatic heterocycles. The van der Waals surface area contributed by atoms with Crippen LogP contribution in [0.25, 0.3) is 6.08 Å². The predicted molar refractivity (Wildman–Crippen MR) is 125 cm³/mol. The highest BCUT2D eigenvalue weighted by Crippen LogP contribution is 2.35. The van der Waals surface area contributed by atoms with Crippen LogP contribution in [-0.4, -0.2) is 30.1 Å². The number of carbonyl (C=O) groups is 2. The molecule has 1 fully saturated rings. The normalized spacial score (nSPS) is 16.4. The monoisotopic (exact) mass is 438 g/mol. The molecule has 0 unspecified atom stereocenters. The quantitative estimate of drug-likeness (QED) is 0.413. The van der Waals surface area contributed by atoms with Gasteiger partial charge in [0.1, 0.15) is 5.57 Å². The Morgan fingerprint density at radius 1 is 1.19 bits per heavy atom. The van der Waals surface area contributed by atoms with Crippen molar-refractivity contribution in [1.82, 2.24) is 5.32 Å². The van der Waals surface area contributed by atoms with E-state index in [1.165, 1.54) is 11.0 Å². The van der Waals surface area contributed by atoms with Crippen molar-refractivity contribution in [2.75, 3.05) is 12.0 Å². The zero-order valence-corrected chi connectivity index (χ0v) is 19.1. The molecule has 2 aromatic rings. The zero-order chi connectivity index (χ0) is 22.7. The summed E-state index contributed by atoms with van der Waals surface area (Å²) in [6.45, 7) is 7.83. The average Bonchev–Trinajstić information content (AvgIpc) is 2.73. The number of carbonyl (C=O) groups excluding carboxylic acids is 2. The van der Waals surface area contributed by atoms with Crippen molar-refractivity contribution in [3.05, 3.63) is 58.7 Å². The van der Waals surface area contributed by atoms with Crippen molar-refractivity contribution >= 4 is 40.9 Å². The standard InChI is InChI=1S/C24H26N2O4S/c1-6-16(4)30-21-17(8-7-9-20(21)29-5)13-18-22(27)25-24(31)26(23(18)28)19-11-10-14(2)12-15(19)3/h7-13,16H,6H2,1-5H3,(H,25,27,31)/b18-13+/t16-/m0/s1. The van der Waals surface area contributed by atoms with Gasteiger partial charge < -0.3 is 9.47 Å². The van der Waals surface area contributed by atoms with Gasteiger partial charge in [0.15, 0.2) is 16.6 Å². The minimum absolute atomic E-state index is 0.0316. The molecule has 1 heterocycles. The molecule has 6 nitrogen and oxygen atoms in total. The third-order valence-corrected chi connectivity index (χ3v) is 5.40. The molecular weight excluding hydrogens is 412 g/mol. The van der Waals surface area contributed by atoms with Gasteiger partial charge in [0.2, 0.25) is 0 Å². The minimum Gasteiger partial charge on any atom is -0.493 e. The molecular formula is C24H26N2O4S. The van der Waals surface area contributed by atoms with E-state index >= 15 is 0 Å². The third kappa shape index (κ3) is 4.61. The Morgan fingerprint density at radius 2 is 1.94 bits per heavy atom. The van der Waals surface area contributed by atoms with Crippen LogP contribution in [0.15, 0.2) is 42.0 Å². The largest absolute Gasteiger partial charge is 0.493 e. The summed E-state index contributed by atoms with van der Waals surface area (Å²) in [6, 6.07) is 11.0. The Balaban J connectivity index is 2.08. The van der Waals surface area contributed by atoms with Crippen molar-refractivity contribution in [3.63, 3.8) is 0 Å². The summed E-state index contributed by atoms with van der Waals surface area (Å²) in [5, 5.41) is 2.68. The van der Waals surface area contributed by atoms with Gasteiger partial charge in [-0.2, -0.15) is 0 Å². The minimum atomic E-state index is -0.548. The molecule has 2 aromatic carbocycles. The molecule has 0 bridgehead atoms. The van der Waals surface area contributed by atoms with E-state index in [0.29, 0.717) is 22.7 Å². The van der Waals surface area contributed by atoms with Crippen LogP contribution in [0.5, 0.6) is 11.5 Å². The van der Waals surface area contributed by atoms with Gasteiger partial charge in [-0.25, -0.2) is 0 Å². The second kappa shape index (κ2) is 9.31. The fraction of sp³-hybridized carbons (Fsp3) is 0.292. The highest BCUT2D eigenvalue weighted by molar-refractivity contribution is 7.80. The molecule has 1 N–H and O–H groups in total. The predicted octanol–water partition coefficient (Wildman–Crippen LogP) is 4.32. The van der Waals surface area contributed by atoms with E-state index in [-0.39, 0.29) is 16.8 Å². The van der Waals surface area contributed by atoms with E-state index in [1.807, 2.05) is 45.9 Å². The molecule has 162 valence electrons. The van der Waals surface area contributed by atoms with Crippen molar-refractivity contribution in [2.24, 2.45) is 0 Å². The van der Waals surface area contributed by atoms with Crippen LogP contribution in [0.1, 0.15) is 37.0 Å². The maximum Gasteiger partial charge on any atom is 0.270 e. The summed E-state index contributed by atoms with van der Waals surface area (Å²) >= 11 is 5.31. The number of benzene rings is 2. The Labute approximate surface area is 187 Å². The summed E-state index contributed by atoms with van der Waals surface area (Å²) in [5.41, 5.74) is 3.13. The molecule has 0 aliphatic carbocycles. The number of thiocarbonyl (C=S) groups is 1. The molecule has 0 spiro atoms. The van der Waals surface area contributed by atoms with Crippen molar-refractivity contribution in [3.8, 4) is 11.5 Å². The first kappa shape index (κ1) is 22.5. The smallest absolute Gasteiger partial charge is 0.270 e. The number of nitrogens with one attached hydrogen (secondary N) is 1. The molecule has 1 aliphatic rings. The van der Waals surface area contributed by atoms with Gasteiger partial charge >= 0.3 is 0 Å². The van der Waals surface area contributed by atoms with Crippen LogP contribution < -0.4 is 19.7 Å². The Hall–Kier alpha value is -3.19. The fourth-order valence-corrected chi connectivity index (χ4v) is 3.58. The van der Waals surface area contributed by atoms with E-state index in [9.17, 15) is 9.59 Å². The number of anilines is 1. The van der Waals surface area contributed by atoms with Gasteiger partial charge in [-0.3, -0.25) is 19.8 Å². The number of hydrogen-bond donors (Lipinski definition) is 1. The number of amides is 2. The van der Waals surface area contributed by atoms with E-state index < -0.39 is 11.8 Å². The van der Waals surface area contributed by atoms with Gasteiger partial charge in [-0.05, 0) is 63.2 Å². The maximum absolute atomic E-state index is 13.4. The van der Waals surface area contributed by atoms with E-state index in [1.54, 1.807) is 25.3 Å². The Kier molecular flexibility index (Phi) is 6.75. The second-order valence-electron chi connectivity index (χ2n) is 7.46. The maximum atomic E-state index is 13.4. The summed E-state index contributed by atoms with van der Waals surface area (Å²) in [4.78, 5) is 27.4. The lowest BCUT2D eigenvalue weighted by Gasteiger charge is -2.30. The van der Waals surface area contributed by atoms with Crippen LogP contribution >= 0.6 is 12.2 Å². The van der Waals surface area contributed by atoms with Crippen LogP contribution in [0.2, 0.25) is 0 Å². The third-order valence-electron chi connectivity index (χ3n) is 5.12. The number of hydrogen-bond acceptors (Lipinski definition) is 5. The number of ether oxygens (including phenoxy) is 2. The summed E-state index contributed by atoms with van der Waals surface area (Å²) in [6.07, 6.45) is 2.25. The SMILES string of the molecule is CC[C@H](C)Oc1c(/C=C2\C(=O)NC(=S)N(c3ccc(C)cc3C)C2=O)cccc1OC. The van der Waals surface area contributed by atoms with Crippen LogP contribution in [0.3, 0.4) is 0 Å². The van der Waals surface area contributed by atoms with Gasteiger partial charge in [0.25, 0.3) is 11.8 Å². The Morgan fingerprint density at radius 3 is 2.58 bits per heavy atom. The van der Waals surface area contributed by atoms with Crippen LogP contribution in [-0.2, 0) is 9.59 Å². The molecule has 0 saturated carbocycles. The number of nitrogens with zero attached hydrogens (tertiary/aromatic N) is 1. The first-order chi connectivity index (χ1) is 14.8. The lowest BCUT2D eigenvalue weighted by molar-refractivity contribution is -0.122. The molecule has 0 aromatic heterocycles. The molecule has 2 amide bonds. The zero-order valence-electron chi connectivity index (χ0n) is 18.3. The highest BCUT2D eigenvalue weighted by Gasteiger charge is 2.35. The van der Waals surface area contributed by atoms with Crippen LogP contribution in [0.4, 0.5) is 5.69 Å². The molecule has 1 saturated heterocycles. The fourth-order valence-electron chi connectivity index (χ4n) is 3.31. The van der Waals surface area contributed by atoms with E-state index in [4.69, 9.17) is 21.7 Å². The van der Waals surface area contributed by atoms with Crippen molar-refractivity contribution < 1.29 is 19.1 Å². The molecule has 31 heavy (non-hydrogen) atoms. The first-order valence-electron chi connectivity index (χ1n) is 10.1. The van der Waals surface area contributed by atoms with Gasteiger partial charge in [0.05, 0.1) is 18.9 Å². The lowest BCUT2D eigenvalue weighted by Crippen LogP contribution is -2.54. The summed E-state index contributed by atoms with van der Waals surface area (Å²) in [7, 11) is 1.55.